The maximum absolute atomic E-state index is 11.0. The van der Waals surface area contributed by atoms with E-state index in [9.17, 15) is 10.2 Å². The maximum atomic E-state index is 11.0. The summed E-state index contributed by atoms with van der Waals surface area (Å²) in [7, 11) is 0. The van der Waals surface area contributed by atoms with Gasteiger partial charge < -0.3 is 15.1 Å². The molecule has 4 unspecified atom stereocenters. The van der Waals surface area contributed by atoms with Crippen LogP contribution in [0.1, 0.15) is 35.8 Å². The number of piperazine rings is 1. The molecular weight excluding hydrogens is 444 g/mol. The Morgan fingerprint density at radius 2 is 1.47 bits per heavy atom. The predicted octanol–water partition coefficient (Wildman–Crippen LogP) is 4.66. The zero-order chi connectivity index (χ0) is 22.8. The minimum absolute atomic E-state index is 0.216. The number of anilines is 1. The molecule has 176 valence electrons. The molecule has 2 aromatic heterocycles. The number of aromatic hydroxyl groups is 2. The van der Waals surface area contributed by atoms with Gasteiger partial charge in [0.1, 0.15) is 5.82 Å². The number of fused-ring (bicyclic) bond motifs is 1. The third-order valence-electron chi connectivity index (χ3n) is 8.44. The number of hydrogen-bond acceptors (Lipinski definition) is 6. The molecule has 5 aliphatic rings. The summed E-state index contributed by atoms with van der Waals surface area (Å²) in [5, 5.41) is 23.2. The molecule has 8 rings (SSSR count). The van der Waals surface area contributed by atoms with Crippen LogP contribution < -0.4 is 4.90 Å². The van der Waals surface area contributed by atoms with Crippen molar-refractivity contribution in [1.29, 1.82) is 0 Å². The van der Waals surface area contributed by atoms with E-state index in [1.54, 1.807) is 16.1 Å². The molecule has 0 saturated carbocycles. The predicted molar refractivity (Wildman–Crippen MR) is 136 cm³/mol. The molecule has 1 aromatic carbocycles. The molecule has 1 saturated heterocycles. The van der Waals surface area contributed by atoms with Crippen molar-refractivity contribution in [2.24, 2.45) is 11.8 Å². The molecule has 6 nitrogen and oxygen atoms in total. The molecule has 3 heterocycles. The standard InChI is InChI=1S/C27H30N4O2S/c32-26-23-19-9-10-20(18-8-7-17(18)19)24(23)27(33)31(26)12-4-3-11-29-13-15-30(16-14-29)25-21-5-1-2-6-22(21)34-28-25/h1-2,5-10,17-20,32-33H,3-4,11-16H2. The Morgan fingerprint density at radius 3 is 2.15 bits per heavy atom. The van der Waals surface area contributed by atoms with Crippen LogP contribution >= 0.6 is 11.5 Å². The first-order chi connectivity index (χ1) is 16.7. The molecule has 4 atom stereocenters. The van der Waals surface area contributed by atoms with Crippen LogP contribution in [0.3, 0.4) is 0 Å². The topological polar surface area (TPSA) is 64.8 Å². The Balaban J connectivity index is 0.945. The van der Waals surface area contributed by atoms with Gasteiger partial charge in [-0.2, -0.15) is 4.37 Å². The highest BCUT2D eigenvalue weighted by atomic mass is 32.1. The van der Waals surface area contributed by atoms with E-state index < -0.39 is 0 Å². The third kappa shape index (κ3) is 2.99. The van der Waals surface area contributed by atoms with Gasteiger partial charge in [0.25, 0.3) is 0 Å². The highest BCUT2D eigenvalue weighted by molar-refractivity contribution is 7.13. The van der Waals surface area contributed by atoms with Gasteiger partial charge in [-0.3, -0.25) is 9.47 Å². The molecule has 1 fully saturated rings. The van der Waals surface area contributed by atoms with Crippen LogP contribution in [0.15, 0.2) is 48.6 Å². The molecule has 2 N–H and O–H groups in total. The monoisotopic (exact) mass is 474 g/mol. The van der Waals surface area contributed by atoms with Gasteiger partial charge in [0, 0.05) is 61.1 Å². The molecule has 0 spiro atoms. The number of allylic oxidation sites excluding steroid dienone is 4. The molecule has 0 radical (unpaired) electrons. The van der Waals surface area contributed by atoms with Gasteiger partial charge in [-0.1, -0.05) is 36.4 Å². The lowest BCUT2D eigenvalue weighted by atomic mass is 9.56. The lowest BCUT2D eigenvalue weighted by molar-refractivity contribution is 0.249. The van der Waals surface area contributed by atoms with Gasteiger partial charge in [-0.25, -0.2) is 0 Å². The summed E-state index contributed by atoms with van der Waals surface area (Å²) in [5.41, 5.74) is 1.95. The zero-order valence-electron chi connectivity index (χ0n) is 19.2. The normalized spacial score (nSPS) is 27.2. The minimum Gasteiger partial charge on any atom is -0.494 e. The molecule has 4 aliphatic carbocycles. The van der Waals surface area contributed by atoms with Crippen LogP contribution in [-0.4, -0.2) is 56.8 Å². The van der Waals surface area contributed by atoms with E-state index >= 15 is 0 Å². The van der Waals surface area contributed by atoms with Gasteiger partial charge in [-0.15, -0.1) is 0 Å². The lowest BCUT2D eigenvalue weighted by Crippen LogP contribution is -2.46. The first kappa shape index (κ1) is 20.6. The quantitative estimate of drug-likeness (QED) is 0.402. The first-order valence-electron chi connectivity index (χ1n) is 12.5. The molecule has 2 bridgehead atoms. The number of aromatic nitrogens is 2. The number of benzene rings is 1. The minimum atomic E-state index is 0.216. The largest absolute Gasteiger partial charge is 0.494 e. The van der Waals surface area contributed by atoms with Crippen LogP contribution in [0.2, 0.25) is 0 Å². The van der Waals surface area contributed by atoms with Crippen molar-refractivity contribution in [2.45, 2.75) is 31.2 Å². The number of hydrogen-bond donors (Lipinski definition) is 2. The Hall–Kier alpha value is -2.77. The third-order valence-corrected chi connectivity index (χ3v) is 9.26. The molecule has 3 aromatic rings. The zero-order valence-corrected chi connectivity index (χ0v) is 20.0. The fourth-order valence-electron chi connectivity index (χ4n) is 6.55. The first-order valence-corrected chi connectivity index (χ1v) is 13.3. The second-order valence-corrected chi connectivity index (χ2v) is 10.9. The maximum Gasteiger partial charge on any atom is 0.198 e. The van der Waals surface area contributed by atoms with Crippen LogP contribution in [0, 0.1) is 11.8 Å². The van der Waals surface area contributed by atoms with E-state index in [1.807, 2.05) is 0 Å². The average molecular weight is 475 g/mol. The summed E-state index contributed by atoms with van der Waals surface area (Å²) >= 11 is 1.59. The van der Waals surface area contributed by atoms with E-state index in [-0.39, 0.29) is 23.6 Å². The van der Waals surface area contributed by atoms with E-state index in [2.05, 4.69) is 58.4 Å². The number of nitrogens with zero attached hydrogens (tertiary/aromatic N) is 4. The van der Waals surface area contributed by atoms with Gasteiger partial charge in [0.05, 0.1) is 4.70 Å². The van der Waals surface area contributed by atoms with Crippen molar-refractivity contribution in [3.05, 3.63) is 59.7 Å². The molecule has 7 heteroatoms. The van der Waals surface area contributed by atoms with Crippen molar-refractivity contribution in [3.8, 4) is 11.8 Å². The smallest absolute Gasteiger partial charge is 0.198 e. The molecule has 34 heavy (non-hydrogen) atoms. The van der Waals surface area contributed by atoms with Gasteiger partial charge in [0.2, 0.25) is 0 Å². The molecule has 0 amide bonds. The lowest BCUT2D eigenvalue weighted by Gasteiger charge is -2.47. The van der Waals surface area contributed by atoms with Crippen molar-refractivity contribution in [3.63, 3.8) is 0 Å². The molecule has 1 aliphatic heterocycles. The second kappa shape index (κ2) is 7.89. The SMILES string of the molecule is Oc1c2c(c(O)n1CCCCN1CCN(c3nsc4ccccc34)CC1)C1C=CC2C2C=CC12. The van der Waals surface area contributed by atoms with E-state index in [0.29, 0.717) is 18.4 Å². The summed E-state index contributed by atoms with van der Waals surface area (Å²) in [6.45, 7) is 5.82. The van der Waals surface area contributed by atoms with Crippen LogP contribution in [-0.2, 0) is 6.54 Å². The van der Waals surface area contributed by atoms with Crippen LogP contribution in [0.4, 0.5) is 5.82 Å². The Kier molecular flexibility index (Phi) is 4.78. The van der Waals surface area contributed by atoms with Crippen LogP contribution in [0.5, 0.6) is 11.8 Å². The van der Waals surface area contributed by atoms with Crippen molar-refractivity contribution < 1.29 is 10.2 Å². The highest BCUT2D eigenvalue weighted by Crippen LogP contribution is 2.61. The van der Waals surface area contributed by atoms with E-state index in [4.69, 9.17) is 4.37 Å². The Bertz CT molecular complexity index is 1250. The van der Waals surface area contributed by atoms with Gasteiger partial charge in [-0.05, 0) is 54.9 Å². The molecular formula is C27H30N4O2S. The van der Waals surface area contributed by atoms with E-state index in [0.717, 1.165) is 62.5 Å². The average Bonchev–Trinajstić information content (AvgIpc) is 3.37. The summed E-state index contributed by atoms with van der Waals surface area (Å²) in [4.78, 5) is 4.94. The fraction of sp³-hybridized carbons (Fsp3) is 0.444. The summed E-state index contributed by atoms with van der Waals surface area (Å²) in [5.74, 6) is 3.12. The van der Waals surface area contributed by atoms with Crippen molar-refractivity contribution in [1.82, 2.24) is 13.8 Å². The second-order valence-electron chi connectivity index (χ2n) is 10.1. The Labute approximate surface area is 203 Å². The number of rotatable bonds is 6. The highest BCUT2D eigenvalue weighted by Gasteiger charge is 2.49. The van der Waals surface area contributed by atoms with Crippen molar-refractivity contribution in [2.75, 3.05) is 37.6 Å². The van der Waals surface area contributed by atoms with Gasteiger partial charge >= 0.3 is 0 Å². The summed E-state index contributed by atoms with van der Waals surface area (Å²) in [6, 6.07) is 8.49. The van der Waals surface area contributed by atoms with Crippen LogP contribution in [0.25, 0.3) is 10.1 Å². The number of unbranched alkanes of at least 4 members (excludes halogenated alkanes) is 1. The summed E-state index contributed by atoms with van der Waals surface area (Å²) < 4.78 is 7.73. The fourth-order valence-corrected chi connectivity index (χ4v) is 7.35. The van der Waals surface area contributed by atoms with Gasteiger partial charge in [0.15, 0.2) is 11.8 Å². The van der Waals surface area contributed by atoms with Crippen molar-refractivity contribution >= 4 is 27.4 Å². The summed E-state index contributed by atoms with van der Waals surface area (Å²) in [6.07, 6.45) is 11.0. The Morgan fingerprint density at radius 1 is 0.824 bits per heavy atom. The van der Waals surface area contributed by atoms with E-state index in [1.165, 1.54) is 10.1 Å².